The van der Waals surface area contributed by atoms with E-state index in [0.29, 0.717) is 30.1 Å². The second-order valence-electron chi connectivity index (χ2n) is 8.79. The second-order valence-corrected chi connectivity index (χ2v) is 8.79. The van der Waals surface area contributed by atoms with Gasteiger partial charge in [-0.15, -0.1) is 0 Å². The van der Waals surface area contributed by atoms with Crippen LogP contribution in [-0.4, -0.2) is 48.6 Å². The van der Waals surface area contributed by atoms with Crippen molar-refractivity contribution >= 4 is 11.8 Å². The SMILES string of the molecule is NC(=O)c1cc(C(F)(F)F)cc2c1CCN(C(=O)C1CCC(NC3CCOCC3)C1)C2. The van der Waals surface area contributed by atoms with Crippen LogP contribution in [0.2, 0.25) is 0 Å². The minimum absolute atomic E-state index is 0.0139. The first-order valence-electron chi connectivity index (χ1n) is 10.9. The molecule has 0 bridgehead atoms. The van der Waals surface area contributed by atoms with Gasteiger partial charge in [-0.3, -0.25) is 9.59 Å². The Kier molecular flexibility index (Phi) is 6.25. The van der Waals surface area contributed by atoms with Gasteiger partial charge in [0.25, 0.3) is 0 Å². The number of nitrogens with one attached hydrogen (secondary N) is 1. The normalized spacial score (nSPS) is 24.8. The first-order valence-corrected chi connectivity index (χ1v) is 10.9. The van der Waals surface area contributed by atoms with E-state index in [1.54, 1.807) is 4.90 Å². The molecule has 2 atom stereocenters. The highest BCUT2D eigenvalue weighted by Gasteiger charge is 2.37. The lowest BCUT2D eigenvalue weighted by molar-refractivity contribution is -0.137. The number of nitrogens with two attached hydrogens (primary N) is 1. The Hall–Kier alpha value is -2.13. The highest BCUT2D eigenvalue weighted by Crippen LogP contribution is 2.35. The van der Waals surface area contributed by atoms with Crippen molar-refractivity contribution in [3.8, 4) is 0 Å². The van der Waals surface area contributed by atoms with Crippen molar-refractivity contribution in [1.29, 1.82) is 0 Å². The Morgan fingerprint density at radius 3 is 2.52 bits per heavy atom. The number of rotatable bonds is 4. The quantitative estimate of drug-likeness (QED) is 0.756. The maximum Gasteiger partial charge on any atom is 0.416 e. The molecule has 0 aromatic heterocycles. The summed E-state index contributed by atoms with van der Waals surface area (Å²) in [4.78, 5) is 26.5. The molecule has 2 heterocycles. The fraction of sp³-hybridized carbons (Fsp3) is 0.636. The minimum Gasteiger partial charge on any atom is -0.381 e. The molecule has 1 aliphatic carbocycles. The smallest absolute Gasteiger partial charge is 0.381 e. The number of hydrogen-bond donors (Lipinski definition) is 2. The lowest BCUT2D eigenvalue weighted by Gasteiger charge is -2.32. The van der Waals surface area contributed by atoms with E-state index in [1.807, 2.05) is 0 Å². The summed E-state index contributed by atoms with van der Waals surface area (Å²) in [6, 6.07) is 2.57. The molecule has 1 saturated heterocycles. The van der Waals surface area contributed by atoms with E-state index in [9.17, 15) is 22.8 Å². The molecule has 1 aromatic rings. The average molecular weight is 439 g/mol. The van der Waals surface area contributed by atoms with Crippen molar-refractivity contribution in [2.45, 2.75) is 63.3 Å². The summed E-state index contributed by atoms with van der Waals surface area (Å²) in [6.07, 6.45) is 0.132. The third kappa shape index (κ3) is 4.87. The number of halogens is 3. The van der Waals surface area contributed by atoms with Gasteiger partial charge in [0.05, 0.1) is 5.56 Å². The number of fused-ring (bicyclic) bond motifs is 1. The molecule has 3 N–H and O–H groups in total. The van der Waals surface area contributed by atoms with Crippen molar-refractivity contribution in [2.75, 3.05) is 19.8 Å². The van der Waals surface area contributed by atoms with Crippen molar-refractivity contribution in [3.63, 3.8) is 0 Å². The number of alkyl halides is 3. The fourth-order valence-corrected chi connectivity index (χ4v) is 5.08. The molecule has 31 heavy (non-hydrogen) atoms. The molecule has 4 rings (SSSR count). The Bertz CT molecular complexity index is 852. The average Bonchev–Trinajstić information content (AvgIpc) is 3.20. The molecule has 2 aliphatic heterocycles. The largest absolute Gasteiger partial charge is 0.416 e. The summed E-state index contributed by atoms with van der Waals surface area (Å²) >= 11 is 0. The number of carbonyl (C=O) groups excluding carboxylic acids is 2. The van der Waals surface area contributed by atoms with Crippen LogP contribution >= 0.6 is 0 Å². The molecule has 2 fully saturated rings. The van der Waals surface area contributed by atoms with Crippen LogP contribution in [-0.2, 0) is 28.7 Å². The van der Waals surface area contributed by atoms with Crippen molar-refractivity contribution in [2.24, 2.45) is 11.7 Å². The Labute approximate surface area is 179 Å². The number of nitrogens with zero attached hydrogens (tertiary/aromatic N) is 1. The Morgan fingerprint density at radius 2 is 1.84 bits per heavy atom. The maximum atomic E-state index is 13.3. The van der Waals surface area contributed by atoms with Crippen LogP contribution in [0.1, 0.15) is 59.2 Å². The standard InChI is InChI=1S/C22H28F3N3O3/c23-22(24,25)15-9-14-12-28(6-3-18(14)19(11-15)20(26)29)21(30)13-1-2-17(10-13)27-16-4-7-31-8-5-16/h9,11,13,16-17,27H,1-8,10,12H2,(H2,26,29). The predicted octanol–water partition coefficient (Wildman–Crippen LogP) is 2.63. The van der Waals surface area contributed by atoms with E-state index in [0.717, 1.165) is 57.5 Å². The molecule has 2 amide bonds. The van der Waals surface area contributed by atoms with Crippen molar-refractivity contribution in [3.05, 3.63) is 34.4 Å². The predicted molar refractivity (Wildman–Crippen MR) is 107 cm³/mol. The molecule has 0 radical (unpaired) electrons. The first-order chi connectivity index (χ1) is 14.7. The van der Waals surface area contributed by atoms with Crippen LogP contribution in [0.25, 0.3) is 0 Å². The third-order valence-electron chi connectivity index (χ3n) is 6.71. The molecular weight excluding hydrogens is 411 g/mol. The summed E-state index contributed by atoms with van der Waals surface area (Å²) in [6.45, 7) is 1.97. The number of benzene rings is 1. The molecular formula is C22H28F3N3O3. The van der Waals surface area contributed by atoms with Gasteiger partial charge in [-0.1, -0.05) is 0 Å². The first kappa shape index (κ1) is 22.1. The van der Waals surface area contributed by atoms with Gasteiger partial charge in [0.15, 0.2) is 0 Å². The summed E-state index contributed by atoms with van der Waals surface area (Å²) in [5.74, 6) is -1.01. The van der Waals surface area contributed by atoms with Gasteiger partial charge in [-0.2, -0.15) is 13.2 Å². The summed E-state index contributed by atoms with van der Waals surface area (Å²) in [5.41, 5.74) is 5.21. The highest BCUT2D eigenvalue weighted by molar-refractivity contribution is 5.95. The van der Waals surface area contributed by atoms with E-state index in [2.05, 4.69) is 5.32 Å². The number of primary amides is 1. The Balaban J connectivity index is 1.44. The molecule has 1 aromatic carbocycles. The van der Waals surface area contributed by atoms with Crippen LogP contribution < -0.4 is 11.1 Å². The lowest BCUT2D eigenvalue weighted by Crippen LogP contribution is -2.42. The summed E-state index contributed by atoms with van der Waals surface area (Å²) in [5, 5.41) is 3.64. The topological polar surface area (TPSA) is 84.7 Å². The molecule has 6 nitrogen and oxygen atoms in total. The second kappa shape index (κ2) is 8.78. The summed E-state index contributed by atoms with van der Waals surface area (Å²) < 4.78 is 45.3. The van der Waals surface area contributed by atoms with E-state index < -0.39 is 17.6 Å². The minimum atomic E-state index is -4.58. The zero-order valence-electron chi connectivity index (χ0n) is 17.3. The number of ether oxygens (including phenoxy) is 1. The third-order valence-corrected chi connectivity index (χ3v) is 6.71. The van der Waals surface area contributed by atoms with Crippen molar-refractivity contribution < 1.29 is 27.5 Å². The van der Waals surface area contributed by atoms with Crippen LogP contribution in [0.4, 0.5) is 13.2 Å². The lowest BCUT2D eigenvalue weighted by atomic mass is 9.90. The van der Waals surface area contributed by atoms with Crippen molar-refractivity contribution in [1.82, 2.24) is 10.2 Å². The highest BCUT2D eigenvalue weighted by atomic mass is 19.4. The van der Waals surface area contributed by atoms with Gasteiger partial charge in [-0.05, 0) is 61.8 Å². The number of hydrogen-bond acceptors (Lipinski definition) is 4. The van der Waals surface area contributed by atoms with Crippen LogP contribution in [0, 0.1) is 5.92 Å². The number of carbonyl (C=O) groups is 2. The maximum absolute atomic E-state index is 13.3. The van der Waals surface area contributed by atoms with Crippen LogP contribution in [0.15, 0.2) is 12.1 Å². The molecule has 3 aliphatic rings. The molecule has 2 unspecified atom stereocenters. The molecule has 9 heteroatoms. The Morgan fingerprint density at radius 1 is 1.10 bits per heavy atom. The van der Waals surface area contributed by atoms with Gasteiger partial charge in [0.1, 0.15) is 0 Å². The van der Waals surface area contributed by atoms with Gasteiger partial charge >= 0.3 is 6.18 Å². The number of amides is 2. The monoisotopic (exact) mass is 439 g/mol. The van der Waals surface area contributed by atoms with Crippen LogP contribution in [0.3, 0.4) is 0 Å². The van der Waals surface area contributed by atoms with Gasteiger partial charge in [0, 0.05) is 49.9 Å². The zero-order valence-corrected chi connectivity index (χ0v) is 17.3. The van der Waals surface area contributed by atoms with Gasteiger partial charge in [0.2, 0.25) is 11.8 Å². The van der Waals surface area contributed by atoms with Crippen LogP contribution in [0.5, 0.6) is 0 Å². The molecule has 170 valence electrons. The van der Waals surface area contributed by atoms with E-state index in [4.69, 9.17) is 10.5 Å². The van der Waals surface area contributed by atoms with E-state index in [1.165, 1.54) is 0 Å². The molecule has 1 saturated carbocycles. The molecule has 0 spiro atoms. The summed E-state index contributed by atoms with van der Waals surface area (Å²) in [7, 11) is 0. The van der Waals surface area contributed by atoms with E-state index >= 15 is 0 Å². The van der Waals surface area contributed by atoms with Gasteiger partial charge in [-0.25, -0.2) is 0 Å². The van der Waals surface area contributed by atoms with E-state index in [-0.39, 0.29) is 30.0 Å². The zero-order chi connectivity index (χ0) is 22.2. The van der Waals surface area contributed by atoms with Gasteiger partial charge < -0.3 is 20.7 Å². The fourth-order valence-electron chi connectivity index (χ4n) is 5.08.